The fraction of sp³-hybridized carbons (Fsp3) is 0.0833. The third kappa shape index (κ3) is 8.04. The van der Waals surface area contributed by atoms with Crippen LogP contribution in [0.3, 0.4) is 0 Å². The summed E-state index contributed by atoms with van der Waals surface area (Å²) in [7, 11) is 0. The summed E-state index contributed by atoms with van der Waals surface area (Å²) in [5.74, 6) is 26.7. The first kappa shape index (κ1) is 30.2. The lowest BCUT2D eigenvalue weighted by molar-refractivity contribution is 0.916. The van der Waals surface area contributed by atoms with Gasteiger partial charge in [0.15, 0.2) is 0 Å². The predicted octanol–water partition coefficient (Wildman–Crippen LogP) is 9.17. The molecule has 0 atom stereocenters. The van der Waals surface area contributed by atoms with E-state index in [0.29, 0.717) is 0 Å². The lowest BCUT2D eigenvalue weighted by Gasteiger charge is -2.13. The van der Waals surface area contributed by atoms with Crippen LogP contribution in [0, 0.1) is 47.4 Å². The van der Waals surface area contributed by atoms with E-state index in [4.69, 9.17) is 0 Å². The zero-order valence-corrected chi connectivity index (χ0v) is 26.7. The van der Waals surface area contributed by atoms with Gasteiger partial charge in [-0.1, -0.05) is 108 Å². The number of benzene rings is 6. The van der Waals surface area contributed by atoms with Crippen molar-refractivity contribution in [1.82, 2.24) is 0 Å². The first-order valence-electron chi connectivity index (χ1n) is 16.4. The summed E-state index contributed by atoms with van der Waals surface area (Å²) in [6.45, 7) is 0. The zero-order chi connectivity index (χ0) is 32.4. The predicted molar refractivity (Wildman–Crippen MR) is 197 cm³/mol. The highest BCUT2D eigenvalue weighted by atomic mass is 14.1. The average molecular weight is 609 g/mol. The Balaban J connectivity index is 1.06. The molecule has 0 heteroatoms. The minimum Gasteiger partial charge on any atom is -0.0622 e. The molecular weight excluding hydrogens is 577 g/mol. The lowest BCUT2D eigenvalue weighted by Crippen LogP contribution is -2.02. The van der Waals surface area contributed by atoms with E-state index in [-0.39, 0.29) is 0 Å². The minimum atomic E-state index is 0.927. The van der Waals surface area contributed by atoms with E-state index in [1.54, 1.807) is 0 Å². The van der Waals surface area contributed by atoms with Crippen LogP contribution in [0.15, 0.2) is 146 Å². The van der Waals surface area contributed by atoms with Crippen molar-refractivity contribution in [3.8, 4) is 47.4 Å². The van der Waals surface area contributed by atoms with Gasteiger partial charge in [-0.15, -0.1) is 0 Å². The molecule has 10 rings (SSSR count). The maximum absolute atomic E-state index is 3.50. The number of hydrogen-bond acceptors (Lipinski definition) is 0. The van der Waals surface area contributed by atoms with Gasteiger partial charge in [0.2, 0.25) is 0 Å². The molecule has 4 aliphatic carbocycles. The third-order valence-corrected chi connectivity index (χ3v) is 8.42. The lowest BCUT2D eigenvalue weighted by atomic mass is 9.91. The van der Waals surface area contributed by atoms with Crippen LogP contribution in [0.2, 0.25) is 0 Å². The van der Waals surface area contributed by atoms with Crippen molar-refractivity contribution >= 4 is 0 Å². The molecule has 0 unspecified atom stereocenters. The molecule has 0 heterocycles. The molecule has 0 N–H and O–H groups in total. The quantitative estimate of drug-likeness (QED) is 0.151. The normalized spacial score (nSPS) is 11.2. The summed E-state index contributed by atoms with van der Waals surface area (Å²) in [4.78, 5) is 0. The summed E-state index contributed by atoms with van der Waals surface area (Å²) < 4.78 is 0. The Morgan fingerprint density at radius 1 is 0.271 bits per heavy atom. The van der Waals surface area contributed by atoms with Gasteiger partial charge in [0, 0.05) is 44.5 Å². The Morgan fingerprint density at radius 3 is 0.938 bits per heavy atom. The molecule has 0 amide bonds. The smallest absolute Gasteiger partial charge is 0.0283 e. The van der Waals surface area contributed by atoms with Crippen LogP contribution in [-0.4, -0.2) is 0 Å². The molecule has 0 spiro atoms. The fourth-order valence-corrected chi connectivity index (χ4v) is 5.67. The van der Waals surface area contributed by atoms with Crippen molar-refractivity contribution in [3.05, 3.63) is 212 Å². The van der Waals surface area contributed by atoms with E-state index in [9.17, 15) is 0 Å². The van der Waals surface area contributed by atoms with Gasteiger partial charge < -0.3 is 0 Å². The molecular formula is C48H32. The summed E-state index contributed by atoms with van der Waals surface area (Å²) in [6, 6.07) is 50.2. The molecule has 224 valence electrons. The second-order valence-electron chi connectivity index (χ2n) is 11.9. The van der Waals surface area contributed by atoms with Crippen LogP contribution >= 0.6 is 0 Å². The SMILES string of the molecule is C(#Cc1ccc(C#Cc2cc3ccc2CCc2ccc(c(C#Cc4ccc(C#Cc5ccccc5)cc4)c2)CC3)cc1)c1ccccc1. The topological polar surface area (TPSA) is 0 Å². The second-order valence-corrected chi connectivity index (χ2v) is 11.9. The van der Waals surface area contributed by atoms with E-state index in [1.165, 1.54) is 22.3 Å². The van der Waals surface area contributed by atoms with Gasteiger partial charge in [-0.3, -0.25) is 0 Å². The molecule has 0 aliphatic heterocycles. The summed E-state index contributed by atoms with van der Waals surface area (Å²) >= 11 is 0. The van der Waals surface area contributed by atoms with E-state index < -0.39 is 0 Å². The van der Waals surface area contributed by atoms with Crippen LogP contribution in [-0.2, 0) is 25.7 Å². The molecule has 4 bridgehead atoms. The van der Waals surface area contributed by atoms with Crippen molar-refractivity contribution in [2.24, 2.45) is 0 Å². The highest BCUT2D eigenvalue weighted by Crippen LogP contribution is 2.21. The Kier molecular flexibility index (Phi) is 9.30. The van der Waals surface area contributed by atoms with Gasteiger partial charge in [-0.25, -0.2) is 0 Å². The molecule has 4 aliphatic rings. The molecule has 48 heavy (non-hydrogen) atoms. The fourth-order valence-electron chi connectivity index (χ4n) is 5.67. The van der Waals surface area contributed by atoms with Crippen LogP contribution in [0.25, 0.3) is 0 Å². The monoisotopic (exact) mass is 608 g/mol. The van der Waals surface area contributed by atoms with Crippen LogP contribution in [0.5, 0.6) is 0 Å². The van der Waals surface area contributed by atoms with Crippen molar-refractivity contribution < 1.29 is 0 Å². The Labute approximate surface area is 284 Å². The van der Waals surface area contributed by atoms with E-state index >= 15 is 0 Å². The molecule has 0 nitrogen and oxygen atoms in total. The van der Waals surface area contributed by atoms with Crippen molar-refractivity contribution in [2.45, 2.75) is 25.7 Å². The van der Waals surface area contributed by atoms with Crippen molar-refractivity contribution in [3.63, 3.8) is 0 Å². The molecule has 0 fully saturated rings. The van der Waals surface area contributed by atoms with Gasteiger partial charge >= 0.3 is 0 Å². The minimum absolute atomic E-state index is 0.927. The first-order chi connectivity index (χ1) is 23.7. The molecule has 6 aromatic rings. The summed E-state index contributed by atoms with van der Waals surface area (Å²) in [5.41, 5.74) is 13.4. The maximum atomic E-state index is 3.50. The Bertz CT molecular complexity index is 2140. The first-order valence-corrected chi connectivity index (χ1v) is 16.4. The number of rotatable bonds is 0. The van der Waals surface area contributed by atoms with Gasteiger partial charge in [0.1, 0.15) is 0 Å². The highest BCUT2D eigenvalue weighted by molar-refractivity contribution is 5.53. The highest BCUT2D eigenvalue weighted by Gasteiger charge is 2.09. The van der Waals surface area contributed by atoms with Gasteiger partial charge in [-0.2, -0.15) is 0 Å². The van der Waals surface area contributed by atoms with Crippen molar-refractivity contribution in [2.75, 3.05) is 0 Å². The third-order valence-electron chi connectivity index (χ3n) is 8.42. The maximum Gasteiger partial charge on any atom is 0.0283 e. The zero-order valence-electron chi connectivity index (χ0n) is 26.7. The molecule has 0 radical (unpaired) electrons. The molecule has 0 saturated carbocycles. The van der Waals surface area contributed by atoms with Crippen LogP contribution in [0.4, 0.5) is 0 Å². The largest absolute Gasteiger partial charge is 0.0622 e. The van der Waals surface area contributed by atoms with Gasteiger partial charge in [-0.05, 0) is 133 Å². The van der Waals surface area contributed by atoms with E-state index in [1.807, 2.05) is 84.9 Å². The summed E-state index contributed by atoms with van der Waals surface area (Å²) in [5, 5.41) is 0. The Hall–Kier alpha value is -6.44. The summed E-state index contributed by atoms with van der Waals surface area (Å²) in [6.07, 6.45) is 3.73. The van der Waals surface area contributed by atoms with E-state index in [2.05, 4.69) is 108 Å². The van der Waals surface area contributed by atoms with Gasteiger partial charge in [0.25, 0.3) is 0 Å². The van der Waals surface area contributed by atoms with E-state index in [0.717, 1.165) is 70.2 Å². The van der Waals surface area contributed by atoms with Crippen LogP contribution < -0.4 is 0 Å². The Morgan fingerprint density at radius 2 is 0.583 bits per heavy atom. The standard InChI is InChI=1S/C48H32/c1-3-7-37(8-4-1)11-13-39-15-19-41(20-16-39)23-33-47-35-43-25-29-45(47)31-27-44-26-30-46(32-28-43)48(36-44)34-24-42-21-17-40(18-22-42)14-12-38-9-5-2-6-10-38/h1-10,15-22,25-26,29-30,35-36H,27-28,31-32H2. The molecule has 0 aromatic heterocycles. The van der Waals surface area contributed by atoms with Gasteiger partial charge in [0.05, 0.1) is 0 Å². The van der Waals surface area contributed by atoms with Crippen LogP contribution in [0.1, 0.15) is 66.8 Å². The number of aryl methyl sites for hydroxylation is 4. The molecule has 6 aromatic carbocycles. The average Bonchev–Trinajstić information content (AvgIpc) is 3.14. The second kappa shape index (κ2) is 14.8. The number of hydrogen-bond donors (Lipinski definition) is 0. The van der Waals surface area contributed by atoms with Crippen molar-refractivity contribution in [1.29, 1.82) is 0 Å². The molecule has 0 saturated heterocycles.